The van der Waals surface area contributed by atoms with Gasteiger partial charge in [-0.1, -0.05) is 0 Å². The lowest BCUT2D eigenvalue weighted by Gasteiger charge is -2.32. The molecule has 1 amide bonds. The molecule has 0 aromatic carbocycles. The Balaban J connectivity index is 1.65. The number of amides is 1. The standard InChI is InChI=1S/C13H15N5O3/c19-12(10-6-15-13(20)17-10)18-5-1-2-9(7-18)21-11-3-4-14-8-16-11/h3-4,6,8-9H,1-2,5,7H2,(H2,15,17,20). The Morgan fingerprint density at radius 1 is 1.48 bits per heavy atom. The molecule has 0 saturated carbocycles. The summed E-state index contributed by atoms with van der Waals surface area (Å²) in [7, 11) is 0. The van der Waals surface area contributed by atoms with Crippen LogP contribution in [-0.4, -0.2) is 49.9 Å². The lowest BCUT2D eigenvalue weighted by Crippen LogP contribution is -2.44. The summed E-state index contributed by atoms with van der Waals surface area (Å²) in [5.41, 5.74) is -0.119. The summed E-state index contributed by atoms with van der Waals surface area (Å²) >= 11 is 0. The summed E-state index contributed by atoms with van der Waals surface area (Å²) in [6.45, 7) is 1.12. The molecule has 1 saturated heterocycles. The van der Waals surface area contributed by atoms with Crippen molar-refractivity contribution in [3.63, 3.8) is 0 Å². The first-order valence-electron chi connectivity index (χ1n) is 6.72. The summed E-state index contributed by atoms with van der Waals surface area (Å²) in [6.07, 6.45) is 6.01. The molecule has 1 atom stereocenters. The first-order valence-corrected chi connectivity index (χ1v) is 6.72. The quantitative estimate of drug-likeness (QED) is 0.838. The second-order valence-corrected chi connectivity index (χ2v) is 4.84. The number of rotatable bonds is 3. The maximum absolute atomic E-state index is 12.3. The summed E-state index contributed by atoms with van der Waals surface area (Å²) in [5, 5.41) is 0. The Hall–Kier alpha value is -2.64. The van der Waals surface area contributed by atoms with Gasteiger partial charge in [0.2, 0.25) is 5.88 Å². The minimum atomic E-state index is -0.385. The van der Waals surface area contributed by atoms with E-state index in [1.54, 1.807) is 17.2 Å². The third kappa shape index (κ3) is 3.10. The number of hydrogen-bond acceptors (Lipinski definition) is 5. The molecule has 1 aliphatic heterocycles. The van der Waals surface area contributed by atoms with Crippen molar-refractivity contribution in [1.29, 1.82) is 0 Å². The minimum Gasteiger partial charge on any atom is -0.472 e. The molecule has 1 fully saturated rings. The summed E-state index contributed by atoms with van der Waals surface area (Å²) in [6, 6.07) is 1.68. The Morgan fingerprint density at radius 2 is 2.38 bits per heavy atom. The smallest absolute Gasteiger partial charge is 0.323 e. The number of H-pyrrole nitrogens is 2. The maximum Gasteiger partial charge on any atom is 0.323 e. The average Bonchev–Trinajstić information content (AvgIpc) is 2.94. The van der Waals surface area contributed by atoms with Crippen LogP contribution in [0.2, 0.25) is 0 Å². The van der Waals surface area contributed by atoms with Crippen LogP contribution in [0.5, 0.6) is 5.88 Å². The van der Waals surface area contributed by atoms with Gasteiger partial charge < -0.3 is 19.6 Å². The molecule has 1 aliphatic rings. The van der Waals surface area contributed by atoms with Crippen molar-refractivity contribution in [2.45, 2.75) is 18.9 Å². The largest absolute Gasteiger partial charge is 0.472 e. The van der Waals surface area contributed by atoms with E-state index in [1.165, 1.54) is 12.5 Å². The molecule has 0 aliphatic carbocycles. The van der Waals surface area contributed by atoms with Gasteiger partial charge >= 0.3 is 5.69 Å². The molecule has 8 nitrogen and oxygen atoms in total. The molecule has 21 heavy (non-hydrogen) atoms. The van der Waals surface area contributed by atoms with Gasteiger partial charge in [-0.3, -0.25) is 4.79 Å². The van der Waals surface area contributed by atoms with E-state index < -0.39 is 0 Å². The van der Waals surface area contributed by atoms with Crippen molar-refractivity contribution in [2.24, 2.45) is 0 Å². The monoisotopic (exact) mass is 289 g/mol. The molecule has 2 aromatic heterocycles. The van der Waals surface area contributed by atoms with Crippen LogP contribution < -0.4 is 10.4 Å². The van der Waals surface area contributed by atoms with E-state index in [4.69, 9.17) is 4.74 Å². The van der Waals surface area contributed by atoms with Crippen molar-refractivity contribution in [1.82, 2.24) is 24.8 Å². The number of carbonyl (C=O) groups excluding carboxylic acids is 1. The van der Waals surface area contributed by atoms with Gasteiger partial charge in [0.15, 0.2) is 0 Å². The van der Waals surface area contributed by atoms with Crippen LogP contribution in [0.25, 0.3) is 0 Å². The van der Waals surface area contributed by atoms with Crippen LogP contribution in [0, 0.1) is 0 Å². The van der Waals surface area contributed by atoms with Crippen molar-refractivity contribution in [3.05, 3.63) is 41.0 Å². The molecule has 3 heterocycles. The lowest BCUT2D eigenvalue weighted by molar-refractivity contribution is 0.0522. The number of aromatic nitrogens is 4. The topological polar surface area (TPSA) is 104 Å². The van der Waals surface area contributed by atoms with Crippen LogP contribution in [0.1, 0.15) is 23.3 Å². The highest BCUT2D eigenvalue weighted by atomic mass is 16.5. The van der Waals surface area contributed by atoms with E-state index >= 15 is 0 Å². The third-order valence-electron chi connectivity index (χ3n) is 3.33. The van der Waals surface area contributed by atoms with Crippen molar-refractivity contribution in [3.8, 4) is 5.88 Å². The van der Waals surface area contributed by atoms with E-state index in [1.807, 2.05) is 0 Å². The fourth-order valence-electron chi connectivity index (χ4n) is 2.36. The van der Waals surface area contributed by atoms with Crippen molar-refractivity contribution in [2.75, 3.05) is 13.1 Å². The molecule has 3 rings (SSSR count). The van der Waals surface area contributed by atoms with Gasteiger partial charge in [0.1, 0.15) is 18.1 Å². The number of hydrogen-bond donors (Lipinski definition) is 2. The highest BCUT2D eigenvalue weighted by molar-refractivity contribution is 5.92. The SMILES string of the molecule is O=C(c1c[nH]c(=O)[nH]1)N1CCCC(Oc2ccncn2)C1. The van der Waals surface area contributed by atoms with Crippen molar-refractivity contribution >= 4 is 5.91 Å². The Morgan fingerprint density at radius 3 is 3.10 bits per heavy atom. The van der Waals surface area contributed by atoms with E-state index in [2.05, 4.69) is 19.9 Å². The summed E-state index contributed by atoms with van der Waals surface area (Å²) < 4.78 is 5.75. The zero-order valence-corrected chi connectivity index (χ0v) is 11.3. The first-order chi connectivity index (χ1) is 10.2. The molecule has 8 heteroatoms. The Kier molecular flexibility index (Phi) is 3.67. The Bertz CT molecular complexity index is 666. The zero-order chi connectivity index (χ0) is 14.7. The molecule has 0 spiro atoms. The highest BCUT2D eigenvalue weighted by Crippen LogP contribution is 2.17. The Labute approximate surface area is 120 Å². The van der Waals surface area contributed by atoms with Gasteiger partial charge in [-0.2, -0.15) is 0 Å². The van der Waals surface area contributed by atoms with Gasteiger partial charge in [0, 0.05) is 25.0 Å². The maximum atomic E-state index is 12.3. The number of aromatic amines is 2. The molecule has 110 valence electrons. The number of nitrogens with one attached hydrogen (secondary N) is 2. The van der Waals surface area contributed by atoms with E-state index in [0.29, 0.717) is 19.0 Å². The molecule has 1 unspecified atom stereocenters. The predicted molar refractivity (Wildman–Crippen MR) is 73.0 cm³/mol. The first kappa shape index (κ1) is 13.3. The fraction of sp³-hybridized carbons (Fsp3) is 0.385. The molecule has 2 N–H and O–H groups in total. The number of likely N-dealkylation sites (tertiary alicyclic amines) is 1. The number of imidazole rings is 1. The third-order valence-corrected chi connectivity index (χ3v) is 3.33. The van der Waals surface area contributed by atoms with Gasteiger partial charge in [-0.25, -0.2) is 14.8 Å². The average molecular weight is 289 g/mol. The molecule has 2 aromatic rings. The van der Waals surface area contributed by atoms with Crippen LogP contribution in [0.15, 0.2) is 29.6 Å². The molecular weight excluding hydrogens is 274 g/mol. The number of ether oxygens (including phenoxy) is 1. The molecular formula is C13H15N5O3. The fourth-order valence-corrected chi connectivity index (χ4v) is 2.36. The van der Waals surface area contributed by atoms with E-state index in [-0.39, 0.29) is 23.4 Å². The minimum absolute atomic E-state index is 0.108. The van der Waals surface area contributed by atoms with Crippen molar-refractivity contribution < 1.29 is 9.53 Å². The van der Waals surface area contributed by atoms with Gasteiger partial charge in [0.05, 0.1) is 6.54 Å². The van der Waals surface area contributed by atoms with Crippen LogP contribution >= 0.6 is 0 Å². The normalized spacial score (nSPS) is 18.5. The lowest BCUT2D eigenvalue weighted by atomic mass is 10.1. The highest BCUT2D eigenvalue weighted by Gasteiger charge is 2.26. The van der Waals surface area contributed by atoms with Crippen LogP contribution in [-0.2, 0) is 0 Å². The molecule has 0 radical (unpaired) electrons. The van der Waals surface area contributed by atoms with Crippen LogP contribution in [0.4, 0.5) is 0 Å². The number of nitrogens with zero attached hydrogens (tertiary/aromatic N) is 3. The second kappa shape index (κ2) is 5.78. The van der Waals surface area contributed by atoms with E-state index in [9.17, 15) is 9.59 Å². The number of piperidine rings is 1. The zero-order valence-electron chi connectivity index (χ0n) is 11.3. The van der Waals surface area contributed by atoms with Crippen LogP contribution in [0.3, 0.4) is 0 Å². The summed E-state index contributed by atoms with van der Waals surface area (Å²) in [5.74, 6) is 0.295. The predicted octanol–water partition coefficient (Wildman–Crippen LogP) is 0.177. The molecule has 0 bridgehead atoms. The van der Waals surface area contributed by atoms with Gasteiger partial charge in [0.25, 0.3) is 5.91 Å². The van der Waals surface area contributed by atoms with Gasteiger partial charge in [-0.15, -0.1) is 0 Å². The van der Waals surface area contributed by atoms with Gasteiger partial charge in [-0.05, 0) is 12.8 Å². The van der Waals surface area contributed by atoms with E-state index in [0.717, 1.165) is 12.8 Å². The number of carbonyl (C=O) groups is 1. The second-order valence-electron chi connectivity index (χ2n) is 4.84. The summed E-state index contributed by atoms with van der Waals surface area (Å²) in [4.78, 5) is 37.8.